The van der Waals surface area contributed by atoms with Crippen LogP contribution in [0.5, 0.6) is 0 Å². The molecule has 4 heteroatoms. The molecule has 0 aromatic rings. The molecule has 3 aliphatic rings. The maximum absolute atomic E-state index is 12.6. The second kappa shape index (κ2) is 6.15. The summed E-state index contributed by atoms with van der Waals surface area (Å²) in [5.41, 5.74) is 0. The van der Waals surface area contributed by atoms with E-state index in [1.807, 2.05) is 0 Å². The van der Waals surface area contributed by atoms with Crippen molar-refractivity contribution >= 4 is 11.8 Å². The number of amides is 2. The molecule has 4 nitrogen and oxygen atoms in total. The molecule has 2 aliphatic carbocycles. The van der Waals surface area contributed by atoms with Crippen LogP contribution in [0.4, 0.5) is 0 Å². The van der Waals surface area contributed by atoms with Crippen molar-refractivity contribution in [1.29, 1.82) is 0 Å². The van der Waals surface area contributed by atoms with Crippen molar-refractivity contribution in [3.05, 3.63) is 0 Å². The zero-order valence-electron chi connectivity index (χ0n) is 12.3. The molecule has 1 heterocycles. The van der Waals surface area contributed by atoms with E-state index in [2.05, 4.69) is 10.2 Å². The highest BCUT2D eigenvalue weighted by atomic mass is 16.2. The summed E-state index contributed by atoms with van der Waals surface area (Å²) in [7, 11) is 0. The van der Waals surface area contributed by atoms with Gasteiger partial charge in [-0.25, -0.2) is 0 Å². The van der Waals surface area contributed by atoms with Crippen LogP contribution in [-0.2, 0) is 9.59 Å². The minimum absolute atomic E-state index is 0.0320. The Morgan fingerprint density at radius 3 is 2.60 bits per heavy atom. The topological polar surface area (TPSA) is 49.4 Å². The van der Waals surface area contributed by atoms with Gasteiger partial charge in [-0.05, 0) is 44.9 Å². The Kier molecular flexibility index (Phi) is 4.27. The van der Waals surface area contributed by atoms with Gasteiger partial charge in [0.1, 0.15) is 0 Å². The maximum atomic E-state index is 12.6. The minimum Gasteiger partial charge on any atom is -0.356 e. The van der Waals surface area contributed by atoms with Gasteiger partial charge >= 0.3 is 0 Å². The van der Waals surface area contributed by atoms with E-state index in [1.54, 1.807) is 0 Å². The fraction of sp³-hybridized carbons (Fsp3) is 0.875. The number of carbonyl (C=O) groups is 2. The lowest BCUT2D eigenvalue weighted by molar-refractivity contribution is -0.140. The van der Waals surface area contributed by atoms with E-state index in [0.717, 1.165) is 70.9 Å². The molecule has 112 valence electrons. The number of nitrogens with zero attached hydrogens (tertiary/aromatic N) is 1. The first kappa shape index (κ1) is 13.9. The van der Waals surface area contributed by atoms with Crippen LogP contribution in [0, 0.1) is 11.8 Å². The number of carbonyl (C=O) groups excluding carboxylic acids is 2. The van der Waals surface area contributed by atoms with E-state index in [4.69, 9.17) is 0 Å². The van der Waals surface area contributed by atoms with E-state index < -0.39 is 0 Å². The number of hydrogen-bond acceptors (Lipinski definition) is 2. The summed E-state index contributed by atoms with van der Waals surface area (Å²) in [4.78, 5) is 27.0. The van der Waals surface area contributed by atoms with Crippen LogP contribution in [0.15, 0.2) is 0 Å². The normalized spacial score (nSPS) is 32.2. The van der Waals surface area contributed by atoms with Crippen LogP contribution >= 0.6 is 0 Å². The van der Waals surface area contributed by atoms with Gasteiger partial charge in [-0.1, -0.05) is 12.8 Å². The van der Waals surface area contributed by atoms with Gasteiger partial charge in [0, 0.05) is 25.0 Å². The lowest BCUT2D eigenvalue weighted by Crippen LogP contribution is -2.52. The smallest absolute Gasteiger partial charge is 0.225 e. The summed E-state index contributed by atoms with van der Waals surface area (Å²) in [5, 5.41) is 3.08. The van der Waals surface area contributed by atoms with Gasteiger partial charge in [-0.15, -0.1) is 0 Å². The van der Waals surface area contributed by atoms with Crippen molar-refractivity contribution in [3.63, 3.8) is 0 Å². The molecule has 1 saturated heterocycles. The summed E-state index contributed by atoms with van der Waals surface area (Å²) in [6.45, 7) is 1.67. The largest absolute Gasteiger partial charge is 0.356 e. The van der Waals surface area contributed by atoms with Gasteiger partial charge in [0.15, 0.2) is 0 Å². The van der Waals surface area contributed by atoms with Crippen molar-refractivity contribution in [2.75, 3.05) is 13.1 Å². The highest BCUT2D eigenvalue weighted by Crippen LogP contribution is 2.36. The average Bonchev–Trinajstić information content (AvgIpc) is 3.30. The lowest BCUT2D eigenvalue weighted by Gasteiger charge is -2.40. The third-order valence-electron chi connectivity index (χ3n) is 5.05. The molecule has 0 aromatic carbocycles. The standard InChI is InChI=1S/C16H26N2O2/c19-15-13-6-2-3-7-14(13)18(16(20)12-8-9-12)11-5-1-4-10-17-15/h12-14H,1-11H2,(H,17,19)/t13-,14+/m1/s1. The van der Waals surface area contributed by atoms with Gasteiger partial charge in [-0.2, -0.15) is 0 Å². The number of nitrogens with one attached hydrogen (secondary N) is 1. The summed E-state index contributed by atoms with van der Waals surface area (Å²) in [6.07, 6.45) is 9.57. The van der Waals surface area contributed by atoms with E-state index in [-0.39, 0.29) is 23.8 Å². The van der Waals surface area contributed by atoms with Crippen LogP contribution in [0.3, 0.4) is 0 Å². The fourth-order valence-corrected chi connectivity index (χ4v) is 3.72. The zero-order valence-corrected chi connectivity index (χ0v) is 12.3. The van der Waals surface area contributed by atoms with Crippen LogP contribution in [0.2, 0.25) is 0 Å². The molecule has 0 spiro atoms. The summed E-state index contributed by atoms with van der Waals surface area (Å²) < 4.78 is 0. The second-order valence-corrected chi connectivity index (χ2v) is 6.62. The third-order valence-corrected chi connectivity index (χ3v) is 5.05. The van der Waals surface area contributed by atoms with Crippen LogP contribution in [0.1, 0.15) is 57.8 Å². The Morgan fingerprint density at radius 2 is 1.80 bits per heavy atom. The van der Waals surface area contributed by atoms with Crippen molar-refractivity contribution < 1.29 is 9.59 Å². The second-order valence-electron chi connectivity index (χ2n) is 6.62. The van der Waals surface area contributed by atoms with Gasteiger partial charge < -0.3 is 10.2 Å². The molecule has 20 heavy (non-hydrogen) atoms. The van der Waals surface area contributed by atoms with Gasteiger partial charge in [0.2, 0.25) is 11.8 Å². The van der Waals surface area contributed by atoms with Crippen molar-refractivity contribution in [3.8, 4) is 0 Å². The lowest BCUT2D eigenvalue weighted by atomic mass is 9.82. The van der Waals surface area contributed by atoms with E-state index >= 15 is 0 Å². The maximum Gasteiger partial charge on any atom is 0.225 e. The SMILES string of the molecule is O=C1NCCCCCN(C(=O)C2CC2)[C@H]2CCCC[C@@H]12. The van der Waals surface area contributed by atoms with Gasteiger partial charge in [0.25, 0.3) is 0 Å². The average molecular weight is 278 g/mol. The molecule has 3 rings (SSSR count). The molecule has 1 aliphatic heterocycles. The fourth-order valence-electron chi connectivity index (χ4n) is 3.72. The predicted octanol–water partition coefficient (Wildman–Crippen LogP) is 2.08. The highest BCUT2D eigenvalue weighted by molar-refractivity contribution is 5.84. The van der Waals surface area contributed by atoms with Crippen molar-refractivity contribution in [2.24, 2.45) is 11.8 Å². The molecular formula is C16H26N2O2. The third kappa shape index (κ3) is 2.99. The molecule has 3 fully saturated rings. The molecule has 0 radical (unpaired) electrons. The Morgan fingerprint density at radius 1 is 1.00 bits per heavy atom. The van der Waals surface area contributed by atoms with E-state index in [1.165, 1.54) is 0 Å². The Bertz CT molecular complexity index is 379. The monoisotopic (exact) mass is 278 g/mol. The molecule has 1 N–H and O–H groups in total. The Hall–Kier alpha value is -1.06. The first-order chi connectivity index (χ1) is 9.77. The minimum atomic E-state index is 0.0320. The molecule has 2 atom stereocenters. The van der Waals surface area contributed by atoms with Crippen LogP contribution in [0.25, 0.3) is 0 Å². The molecular weight excluding hydrogens is 252 g/mol. The number of hydrogen-bond donors (Lipinski definition) is 1. The first-order valence-corrected chi connectivity index (χ1v) is 8.35. The molecule has 0 aromatic heterocycles. The predicted molar refractivity (Wildman–Crippen MR) is 77.0 cm³/mol. The Labute approximate surface area is 121 Å². The van der Waals surface area contributed by atoms with E-state index in [0.29, 0.717) is 5.91 Å². The van der Waals surface area contributed by atoms with Gasteiger partial charge in [-0.3, -0.25) is 9.59 Å². The van der Waals surface area contributed by atoms with Crippen LogP contribution in [-0.4, -0.2) is 35.8 Å². The number of fused-ring (bicyclic) bond motifs is 1. The van der Waals surface area contributed by atoms with Crippen molar-refractivity contribution in [1.82, 2.24) is 10.2 Å². The quantitative estimate of drug-likeness (QED) is 0.798. The summed E-state index contributed by atoms with van der Waals surface area (Å²) in [6, 6.07) is 0.162. The van der Waals surface area contributed by atoms with Gasteiger partial charge in [0.05, 0.1) is 5.92 Å². The molecule has 0 unspecified atom stereocenters. The van der Waals surface area contributed by atoms with Crippen molar-refractivity contribution in [2.45, 2.75) is 63.8 Å². The highest BCUT2D eigenvalue weighted by Gasteiger charge is 2.41. The summed E-state index contributed by atoms with van der Waals surface area (Å²) in [5.74, 6) is 0.814. The Balaban J connectivity index is 1.79. The summed E-state index contributed by atoms with van der Waals surface area (Å²) >= 11 is 0. The molecule has 2 saturated carbocycles. The zero-order chi connectivity index (χ0) is 13.9. The molecule has 0 bridgehead atoms. The van der Waals surface area contributed by atoms with E-state index in [9.17, 15) is 9.59 Å². The number of rotatable bonds is 1. The first-order valence-electron chi connectivity index (χ1n) is 8.35. The molecule has 2 amide bonds. The van der Waals surface area contributed by atoms with Crippen LogP contribution < -0.4 is 5.32 Å².